The zero-order valence-electron chi connectivity index (χ0n) is 14.7. The number of thiazole rings is 1. The van der Waals surface area contributed by atoms with Gasteiger partial charge in [-0.25, -0.2) is 4.98 Å². The average Bonchev–Trinajstić information content (AvgIpc) is 3.11. The van der Waals surface area contributed by atoms with Gasteiger partial charge in [0, 0.05) is 29.1 Å². The van der Waals surface area contributed by atoms with Gasteiger partial charge in [-0.05, 0) is 25.5 Å². The number of aromatic nitrogens is 1. The average molecular weight is 468 g/mol. The molecule has 2 N–H and O–H groups in total. The number of nitrogens with zero attached hydrogens (tertiary/aromatic N) is 2. The minimum Gasteiger partial charge on any atom is -0.354 e. The Morgan fingerprint density at radius 2 is 2.17 bits per heavy atom. The van der Waals surface area contributed by atoms with Crippen LogP contribution >= 0.6 is 47.1 Å². The summed E-state index contributed by atoms with van der Waals surface area (Å²) < 4.78 is 0. The second kappa shape index (κ2) is 9.46. The highest BCUT2D eigenvalue weighted by Crippen LogP contribution is 2.28. The van der Waals surface area contributed by atoms with Crippen molar-refractivity contribution in [2.24, 2.45) is 4.99 Å². The summed E-state index contributed by atoms with van der Waals surface area (Å²) in [6.07, 6.45) is 5.97. The van der Waals surface area contributed by atoms with E-state index in [4.69, 9.17) is 4.98 Å². The lowest BCUT2D eigenvalue weighted by molar-refractivity contribution is 0.581. The number of thioether (sulfide) groups is 1. The minimum atomic E-state index is 0. The minimum absolute atomic E-state index is 0. The third-order valence-corrected chi connectivity index (χ3v) is 6.32. The lowest BCUT2D eigenvalue weighted by Crippen LogP contribution is -2.42. The lowest BCUT2D eigenvalue weighted by atomic mass is 9.98. The molecular weight excluding hydrogens is 439 g/mol. The molecule has 0 aromatic carbocycles. The molecule has 132 valence electrons. The fraction of sp³-hybridized carbons (Fsp3) is 0.750. The molecule has 1 heterocycles. The first-order valence-electron chi connectivity index (χ1n) is 7.87. The van der Waals surface area contributed by atoms with Crippen molar-refractivity contribution >= 4 is 53.0 Å². The Labute approximate surface area is 165 Å². The van der Waals surface area contributed by atoms with Crippen LogP contribution in [0.25, 0.3) is 0 Å². The van der Waals surface area contributed by atoms with Crippen molar-refractivity contribution in [2.75, 3.05) is 13.3 Å². The summed E-state index contributed by atoms with van der Waals surface area (Å²) in [5.41, 5.74) is 1.21. The molecule has 1 aliphatic rings. The van der Waals surface area contributed by atoms with Gasteiger partial charge in [0.1, 0.15) is 0 Å². The largest absolute Gasteiger partial charge is 0.354 e. The molecule has 4 nitrogen and oxygen atoms in total. The van der Waals surface area contributed by atoms with Crippen LogP contribution in [-0.4, -0.2) is 35.5 Å². The number of halogens is 1. The predicted octanol–water partition coefficient (Wildman–Crippen LogP) is 4.01. The molecule has 2 rings (SSSR count). The van der Waals surface area contributed by atoms with Crippen LogP contribution < -0.4 is 10.6 Å². The fourth-order valence-electron chi connectivity index (χ4n) is 2.58. The summed E-state index contributed by atoms with van der Waals surface area (Å²) in [6.45, 7) is 7.33. The van der Waals surface area contributed by atoms with Gasteiger partial charge in [-0.3, -0.25) is 4.99 Å². The number of hydrogen-bond donors (Lipinski definition) is 2. The molecule has 2 unspecified atom stereocenters. The summed E-state index contributed by atoms with van der Waals surface area (Å²) in [5.74, 6) is 0.886. The first kappa shape index (κ1) is 21.0. The molecule has 23 heavy (non-hydrogen) atoms. The summed E-state index contributed by atoms with van der Waals surface area (Å²) in [6, 6.07) is 0.546. The summed E-state index contributed by atoms with van der Waals surface area (Å²) in [5, 5.41) is 11.0. The maximum absolute atomic E-state index is 4.71. The quantitative estimate of drug-likeness (QED) is 0.399. The molecule has 1 aliphatic carbocycles. The van der Waals surface area contributed by atoms with Crippen molar-refractivity contribution in [3.63, 3.8) is 0 Å². The lowest BCUT2D eigenvalue weighted by Gasteiger charge is -2.17. The Morgan fingerprint density at radius 3 is 2.70 bits per heavy atom. The monoisotopic (exact) mass is 468 g/mol. The van der Waals surface area contributed by atoms with E-state index in [1.165, 1.54) is 24.3 Å². The van der Waals surface area contributed by atoms with Gasteiger partial charge in [-0.1, -0.05) is 20.8 Å². The number of guanidine groups is 1. The van der Waals surface area contributed by atoms with Crippen LogP contribution in [0.15, 0.2) is 10.4 Å². The second-order valence-corrected chi connectivity index (χ2v) is 8.83. The zero-order valence-corrected chi connectivity index (χ0v) is 18.6. The second-order valence-electron chi connectivity index (χ2n) is 6.83. The highest BCUT2D eigenvalue weighted by molar-refractivity contribution is 14.0. The molecule has 1 aromatic rings. The summed E-state index contributed by atoms with van der Waals surface area (Å²) >= 11 is 3.71. The normalized spacial score (nSPS) is 21.9. The van der Waals surface area contributed by atoms with E-state index in [2.05, 4.69) is 48.0 Å². The number of hydrogen-bond acceptors (Lipinski definition) is 4. The van der Waals surface area contributed by atoms with Crippen LogP contribution in [-0.2, 0) is 12.0 Å². The number of aliphatic imine (C=N–C) groups is 1. The van der Waals surface area contributed by atoms with Crippen molar-refractivity contribution in [1.82, 2.24) is 15.6 Å². The van der Waals surface area contributed by atoms with E-state index in [1.807, 2.05) is 18.8 Å². The summed E-state index contributed by atoms with van der Waals surface area (Å²) in [4.78, 5) is 9.05. The molecular formula is C16H29IN4S2. The Morgan fingerprint density at radius 1 is 1.43 bits per heavy atom. The number of rotatable bonds is 4. The SMILES string of the molecule is CN=C(NCc1csc(C(C)(C)C)n1)NC1CCC(SC)C1.I. The van der Waals surface area contributed by atoms with Gasteiger partial charge in [-0.2, -0.15) is 11.8 Å². The molecule has 0 spiro atoms. The Balaban J connectivity index is 0.00000264. The fourth-order valence-corrected chi connectivity index (χ4v) is 4.28. The van der Waals surface area contributed by atoms with Gasteiger partial charge in [0.25, 0.3) is 0 Å². The first-order valence-corrected chi connectivity index (χ1v) is 10.0. The van der Waals surface area contributed by atoms with Gasteiger partial charge in [-0.15, -0.1) is 35.3 Å². The molecule has 1 aromatic heterocycles. The van der Waals surface area contributed by atoms with Crippen molar-refractivity contribution in [3.05, 3.63) is 16.1 Å². The molecule has 0 amide bonds. The van der Waals surface area contributed by atoms with E-state index in [-0.39, 0.29) is 29.4 Å². The van der Waals surface area contributed by atoms with E-state index < -0.39 is 0 Å². The molecule has 1 fully saturated rings. The Hall–Kier alpha value is -0.0200. The van der Waals surface area contributed by atoms with Gasteiger partial charge in [0.15, 0.2) is 5.96 Å². The maximum Gasteiger partial charge on any atom is 0.191 e. The third-order valence-electron chi connectivity index (χ3n) is 3.91. The highest BCUT2D eigenvalue weighted by Gasteiger charge is 2.24. The van der Waals surface area contributed by atoms with E-state index in [9.17, 15) is 0 Å². The van der Waals surface area contributed by atoms with Crippen molar-refractivity contribution in [3.8, 4) is 0 Å². The van der Waals surface area contributed by atoms with Gasteiger partial charge in [0.2, 0.25) is 0 Å². The molecule has 0 saturated heterocycles. The van der Waals surface area contributed by atoms with Crippen molar-refractivity contribution in [2.45, 2.75) is 63.3 Å². The van der Waals surface area contributed by atoms with E-state index in [0.717, 1.165) is 23.4 Å². The van der Waals surface area contributed by atoms with Crippen LogP contribution in [0.3, 0.4) is 0 Å². The Kier molecular flexibility index (Phi) is 8.65. The number of nitrogens with one attached hydrogen (secondary N) is 2. The van der Waals surface area contributed by atoms with Crippen LogP contribution in [0.5, 0.6) is 0 Å². The van der Waals surface area contributed by atoms with Gasteiger partial charge in [0.05, 0.1) is 17.2 Å². The Bertz CT molecular complexity index is 510. The van der Waals surface area contributed by atoms with Crippen LogP contribution in [0.1, 0.15) is 50.7 Å². The van der Waals surface area contributed by atoms with E-state index >= 15 is 0 Å². The highest BCUT2D eigenvalue weighted by atomic mass is 127. The molecule has 1 saturated carbocycles. The van der Waals surface area contributed by atoms with E-state index in [1.54, 1.807) is 11.3 Å². The molecule has 0 bridgehead atoms. The molecule has 0 radical (unpaired) electrons. The predicted molar refractivity (Wildman–Crippen MR) is 115 cm³/mol. The standard InChI is InChI=1S/C16H28N4S2.HI/c1-16(2,3)14-19-12(10-22-14)9-18-15(17-4)20-11-6-7-13(8-11)21-5;/h10-11,13H,6-9H2,1-5H3,(H2,17,18,20);1H. The topological polar surface area (TPSA) is 49.3 Å². The third kappa shape index (κ3) is 6.42. The maximum atomic E-state index is 4.71. The smallest absolute Gasteiger partial charge is 0.191 e. The van der Waals surface area contributed by atoms with Gasteiger partial charge >= 0.3 is 0 Å². The van der Waals surface area contributed by atoms with Crippen LogP contribution in [0, 0.1) is 0 Å². The molecule has 0 aliphatic heterocycles. The van der Waals surface area contributed by atoms with E-state index in [0.29, 0.717) is 6.04 Å². The molecule has 7 heteroatoms. The van der Waals surface area contributed by atoms with Crippen molar-refractivity contribution < 1.29 is 0 Å². The van der Waals surface area contributed by atoms with Crippen molar-refractivity contribution in [1.29, 1.82) is 0 Å². The van der Waals surface area contributed by atoms with Crippen LogP contribution in [0.4, 0.5) is 0 Å². The van der Waals surface area contributed by atoms with Gasteiger partial charge < -0.3 is 10.6 Å². The molecule has 2 atom stereocenters. The zero-order chi connectivity index (χ0) is 16.2. The summed E-state index contributed by atoms with van der Waals surface area (Å²) in [7, 11) is 1.83. The van der Waals surface area contributed by atoms with Crippen LogP contribution in [0.2, 0.25) is 0 Å². The first-order chi connectivity index (χ1) is 10.4.